The van der Waals surface area contributed by atoms with Crippen LogP contribution < -0.4 is 14.4 Å². The maximum atomic E-state index is 13.4. The Morgan fingerprint density at radius 3 is 2.34 bits per heavy atom. The Hall–Kier alpha value is -3.03. The molecule has 168 valence electrons. The highest BCUT2D eigenvalue weighted by molar-refractivity contribution is 7.92. The molecule has 32 heavy (non-hydrogen) atoms. The second-order valence-electron chi connectivity index (χ2n) is 7.16. The highest BCUT2D eigenvalue weighted by Crippen LogP contribution is 2.26. The van der Waals surface area contributed by atoms with Crippen molar-refractivity contribution in [3.8, 4) is 5.75 Å². The molecule has 3 aromatic rings. The fourth-order valence-corrected chi connectivity index (χ4v) is 4.68. The van der Waals surface area contributed by atoms with Crippen molar-refractivity contribution in [2.45, 2.75) is 25.3 Å². The van der Waals surface area contributed by atoms with E-state index in [1.165, 1.54) is 24.3 Å². The molecular formula is C24H25ClN2O4S. The number of benzene rings is 3. The van der Waals surface area contributed by atoms with Crippen LogP contribution in [0, 0.1) is 6.92 Å². The number of ether oxygens (including phenoxy) is 1. The van der Waals surface area contributed by atoms with Crippen LogP contribution in [0.5, 0.6) is 5.75 Å². The van der Waals surface area contributed by atoms with Crippen molar-refractivity contribution in [1.29, 1.82) is 0 Å². The fraction of sp³-hybridized carbons (Fsp3) is 0.208. The van der Waals surface area contributed by atoms with Crippen LogP contribution in [0.1, 0.15) is 18.1 Å². The molecule has 0 bridgehead atoms. The molecule has 0 aromatic heterocycles. The summed E-state index contributed by atoms with van der Waals surface area (Å²) in [7, 11) is -4.01. The minimum absolute atomic E-state index is 0.0438. The van der Waals surface area contributed by atoms with Gasteiger partial charge in [-0.1, -0.05) is 41.4 Å². The first kappa shape index (κ1) is 23.6. The van der Waals surface area contributed by atoms with Crippen LogP contribution in [-0.2, 0) is 21.4 Å². The first-order chi connectivity index (χ1) is 15.3. The number of sulfonamides is 1. The van der Waals surface area contributed by atoms with E-state index >= 15 is 0 Å². The SMILES string of the molecule is CCOc1ccc(N(CC(=O)NCc2cccc(C)c2)S(=O)(=O)c2ccc(Cl)cc2)cc1. The number of amides is 1. The van der Waals surface area contributed by atoms with E-state index in [0.29, 0.717) is 29.6 Å². The van der Waals surface area contributed by atoms with Crippen LogP contribution in [0.4, 0.5) is 5.69 Å². The Morgan fingerprint density at radius 1 is 1.03 bits per heavy atom. The molecule has 0 aliphatic rings. The maximum absolute atomic E-state index is 13.4. The smallest absolute Gasteiger partial charge is 0.264 e. The van der Waals surface area contributed by atoms with E-state index in [-0.39, 0.29) is 11.4 Å². The van der Waals surface area contributed by atoms with Crippen molar-refractivity contribution in [2.75, 3.05) is 17.5 Å². The van der Waals surface area contributed by atoms with E-state index < -0.39 is 15.9 Å². The predicted octanol–water partition coefficient (Wildman–Crippen LogP) is 4.56. The summed E-state index contributed by atoms with van der Waals surface area (Å²) in [5, 5.41) is 3.22. The second-order valence-corrected chi connectivity index (χ2v) is 9.46. The lowest BCUT2D eigenvalue weighted by Crippen LogP contribution is -2.40. The summed E-state index contributed by atoms with van der Waals surface area (Å²) >= 11 is 5.91. The molecule has 0 fully saturated rings. The molecule has 0 saturated heterocycles. The van der Waals surface area contributed by atoms with Gasteiger partial charge in [-0.3, -0.25) is 9.10 Å². The van der Waals surface area contributed by atoms with E-state index in [2.05, 4.69) is 5.32 Å². The van der Waals surface area contributed by atoms with Crippen molar-refractivity contribution in [2.24, 2.45) is 0 Å². The third-order valence-corrected chi connectivity index (χ3v) is 6.74. The van der Waals surface area contributed by atoms with E-state index in [9.17, 15) is 13.2 Å². The number of nitrogens with zero attached hydrogens (tertiary/aromatic N) is 1. The van der Waals surface area contributed by atoms with Gasteiger partial charge in [0, 0.05) is 11.6 Å². The first-order valence-corrected chi connectivity index (χ1v) is 11.9. The minimum Gasteiger partial charge on any atom is -0.494 e. The monoisotopic (exact) mass is 472 g/mol. The summed E-state index contributed by atoms with van der Waals surface area (Å²) in [4.78, 5) is 12.8. The molecule has 3 aromatic carbocycles. The lowest BCUT2D eigenvalue weighted by atomic mass is 10.1. The number of carbonyl (C=O) groups is 1. The van der Waals surface area contributed by atoms with Gasteiger partial charge in [0.2, 0.25) is 5.91 Å². The summed E-state index contributed by atoms with van der Waals surface area (Å²) in [5.41, 5.74) is 2.37. The van der Waals surface area contributed by atoms with Gasteiger partial charge < -0.3 is 10.1 Å². The molecule has 0 saturated carbocycles. The summed E-state index contributed by atoms with van der Waals surface area (Å²) < 4.78 is 33.3. The van der Waals surface area contributed by atoms with Gasteiger partial charge in [0.1, 0.15) is 12.3 Å². The third-order valence-electron chi connectivity index (χ3n) is 4.70. The summed E-state index contributed by atoms with van der Waals surface area (Å²) in [6.45, 7) is 4.26. The van der Waals surface area contributed by atoms with Crippen LogP contribution in [-0.4, -0.2) is 27.5 Å². The van der Waals surface area contributed by atoms with Crippen LogP contribution in [0.25, 0.3) is 0 Å². The predicted molar refractivity (Wildman–Crippen MR) is 127 cm³/mol. The van der Waals surface area contributed by atoms with E-state index in [0.717, 1.165) is 15.4 Å². The number of hydrogen-bond donors (Lipinski definition) is 1. The van der Waals surface area contributed by atoms with Gasteiger partial charge in [-0.2, -0.15) is 0 Å². The molecule has 0 aliphatic heterocycles. The van der Waals surface area contributed by atoms with Crippen molar-refractivity contribution < 1.29 is 17.9 Å². The Kier molecular flexibility index (Phi) is 7.77. The highest BCUT2D eigenvalue weighted by atomic mass is 35.5. The Bertz CT molecular complexity index is 1160. The second kappa shape index (κ2) is 10.5. The van der Waals surface area contributed by atoms with Crippen LogP contribution in [0.2, 0.25) is 5.02 Å². The van der Waals surface area contributed by atoms with Gasteiger partial charge in [0.05, 0.1) is 17.2 Å². The average molecular weight is 473 g/mol. The van der Waals surface area contributed by atoms with Gasteiger partial charge in [-0.15, -0.1) is 0 Å². The largest absolute Gasteiger partial charge is 0.494 e. The van der Waals surface area contributed by atoms with E-state index in [1.807, 2.05) is 38.1 Å². The number of halogens is 1. The van der Waals surface area contributed by atoms with Crippen molar-refractivity contribution in [3.05, 3.63) is 88.9 Å². The average Bonchev–Trinajstić information content (AvgIpc) is 2.77. The van der Waals surface area contributed by atoms with Crippen molar-refractivity contribution in [3.63, 3.8) is 0 Å². The first-order valence-electron chi connectivity index (χ1n) is 10.1. The molecule has 3 rings (SSSR count). The Labute approximate surface area is 193 Å². The highest BCUT2D eigenvalue weighted by Gasteiger charge is 2.27. The lowest BCUT2D eigenvalue weighted by molar-refractivity contribution is -0.119. The topological polar surface area (TPSA) is 75.7 Å². The molecule has 0 atom stereocenters. The van der Waals surface area contributed by atoms with Gasteiger partial charge in [-0.05, 0) is 67.9 Å². The van der Waals surface area contributed by atoms with Gasteiger partial charge >= 0.3 is 0 Å². The molecule has 0 radical (unpaired) electrons. The van der Waals surface area contributed by atoms with Crippen molar-refractivity contribution in [1.82, 2.24) is 5.32 Å². The van der Waals surface area contributed by atoms with Gasteiger partial charge in [0.15, 0.2) is 0 Å². The number of anilines is 1. The molecule has 0 spiro atoms. The number of rotatable bonds is 9. The molecule has 0 heterocycles. The quantitative estimate of drug-likeness (QED) is 0.495. The number of aryl methyl sites for hydroxylation is 1. The number of carbonyl (C=O) groups excluding carboxylic acids is 1. The van der Waals surface area contributed by atoms with Crippen LogP contribution in [0.3, 0.4) is 0 Å². The summed E-state index contributed by atoms with van der Waals surface area (Å²) in [6, 6.07) is 20.2. The zero-order chi connectivity index (χ0) is 23.1. The van der Waals surface area contributed by atoms with Crippen LogP contribution >= 0.6 is 11.6 Å². The summed E-state index contributed by atoms with van der Waals surface area (Å²) in [6.07, 6.45) is 0. The Morgan fingerprint density at radius 2 is 1.72 bits per heavy atom. The number of nitrogens with one attached hydrogen (secondary N) is 1. The maximum Gasteiger partial charge on any atom is 0.264 e. The molecule has 8 heteroatoms. The molecule has 6 nitrogen and oxygen atoms in total. The van der Waals surface area contributed by atoms with E-state index in [4.69, 9.17) is 16.3 Å². The fourth-order valence-electron chi connectivity index (χ4n) is 3.13. The molecule has 1 amide bonds. The molecule has 1 N–H and O–H groups in total. The minimum atomic E-state index is -4.01. The van der Waals surface area contributed by atoms with Gasteiger partial charge in [0.25, 0.3) is 10.0 Å². The standard InChI is InChI=1S/C24H25ClN2O4S/c1-3-31-22-11-9-21(10-12-22)27(32(29,30)23-13-7-20(25)8-14-23)17-24(28)26-16-19-6-4-5-18(2)15-19/h4-15H,3,16-17H2,1-2H3,(H,26,28). The summed E-state index contributed by atoms with van der Waals surface area (Å²) in [5.74, 6) is 0.196. The van der Waals surface area contributed by atoms with Crippen molar-refractivity contribution >= 4 is 33.2 Å². The number of hydrogen-bond acceptors (Lipinski definition) is 4. The normalized spacial score (nSPS) is 11.1. The molecule has 0 aliphatic carbocycles. The lowest BCUT2D eigenvalue weighted by Gasteiger charge is -2.24. The zero-order valence-corrected chi connectivity index (χ0v) is 19.5. The molecule has 0 unspecified atom stereocenters. The van der Waals surface area contributed by atoms with Crippen LogP contribution in [0.15, 0.2) is 77.7 Å². The third kappa shape index (κ3) is 6.02. The van der Waals surface area contributed by atoms with Gasteiger partial charge in [-0.25, -0.2) is 8.42 Å². The Balaban J connectivity index is 1.85. The zero-order valence-electron chi connectivity index (χ0n) is 17.9. The molecular weight excluding hydrogens is 448 g/mol. The van der Waals surface area contributed by atoms with E-state index in [1.54, 1.807) is 24.3 Å².